The van der Waals surface area contributed by atoms with Gasteiger partial charge < -0.3 is 17.2 Å². The summed E-state index contributed by atoms with van der Waals surface area (Å²) in [5.41, 5.74) is 15.7. The average molecular weight is 416 g/mol. The van der Waals surface area contributed by atoms with Crippen molar-refractivity contribution in [1.82, 2.24) is 19.9 Å². The highest BCUT2D eigenvalue weighted by Crippen LogP contribution is 2.09. The molecule has 2 aromatic rings. The summed E-state index contributed by atoms with van der Waals surface area (Å²) in [5, 5.41) is 8.39. The van der Waals surface area contributed by atoms with Crippen LogP contribution in [0.1, 0.15) is 16.2 Å². The van der Waals surface area contributed by atoms with Crippen molar-refractivity contribution in [2.24, 2.45) is 5.73 Å². The lowest BCUT2D eigenvalue weighted by molar-refractivity contribution is 0.0996. The van der Waals surface area contributed by atoms with Gasteiger partial charge in [0.05, 0.1) is 12.4 Å². The molecule has 0 spiro atoms. The summed E-state index contributed by atoms with van der Waals surface area (Å²) in [6.45, 7) is 0. The Kier molecular flexibility index (Phi) is 5.94. The number of aromatic nitrogens is 4. The standard InChI is InChI=1S/C5H5BrN4O.C5H3BrN4/c6-2-1-9-4(7)3(10-2)5(8)11;6-4-2-9-5(8)3(1-7)10-4/h1H,(H2,7,9)(H2,8,11);2H,(H2,8,9). The Balaban J connectivity index is 0.000000211. The molecule has 0 aromatic carbocycles. The third-order valence-corrected chi connectivity index (χ3v) is 2.65. The average Bonchev–Trinajstić information content (AvgIpc) is 2.44. The number of nitriles is 1. The highest BCUT2D eigenvalue weighted by atomic mass is 79.9. The molecule has 11 heteroatoms. The van der Waals surface area contributed by atoms with Crippen LogP contribution in [0.4, 0.5) is 11.6 Å². The van der Waals surface area contributed by atoms with Crippen LogP contribution in [0.25, 0.3) is 0 Å². The van der Waals surface area contributed by atoms with Gasteiger partial charge in [0.1, 0.15) is 15.3 Å². The number of nitrogens with zero attached hydrogens (tertiary/aromatic N) is 5. The van der Waals surface area contributed by atoms with Gasteiger partial charge in [0.2, 0.25) is 0 Å². The summed E-state index contributed by atoms with van der Waals surface area (Å²) in [5.74, 6) is -0.484. The predicted molar refractivity (Wildman–Crippen MR) is 81.5 cm³/mol. The number of primary amides is 1. The quantitative estimate of drug-likeness (QED) is 0.607. The smallest absolute Gasteiger partial charge is 0.271 e. The van der Waals surface area contributed by atoms with Crippen molar-refractivity contribution in [2.45, 2.75) is 0 Å². The first-order valence-electron chi connectivity index (χ1n) is 5.11. The molecule has 0 saturated heterocycles. The van der Waals surface area contributed by atoms with Crippen LogP contribution in [0.2, 0.25) is 0 Å². The largest absolute Gasteiger partial charge is 0.382 e. The predicted octanol–water partition coefficient (Wildman–Crippen LogP) is 0.613. The van der Waals surface area contributed by atoms with Crippen molar-refractivity contribution in [3.63, 3.8) is 0 Å². The molecule has 1 amide bonds. The summed E-state index contributed by atoms with van der Waals surface area (Å²) in [7, 11) is 0. The fraction of sp³-hybridized carbons (Fsp3) is 0. The van der Waals surface area contributed by atoms with Crippen molar-refractivity contribution in [2.75, 3.05) is 11.5 Å². The minimum atomic E-state index is -0.684. The first kappa shape index (κ1) is 16.7. The third kappa shape index (κ3) is 4.93. The third-order valence-electron chi connectivity index (χ3n) is 1.88. The Morgan fingerprint density at radius 1 is 1.10 bits per heavy atom. The van der Waals surface area contributed by atoms with Gasteiger partial charge in [-0.3, -0.25) is 4.79 Å². The summed E-state index contributed by atoms with van der Waals surface area (Å²) in [4.78, 5) is 25.4. The van der Waals surface area contributed by atoms with E-state index in [1.54, 1.807) is 0 Å². The number of carbonyl (C=O) groups is 1. The molecule has 0 fully saturated rings. The van der Waals surface area contributed by atoms with E-state index in [1.165, 1.54) is 12.4 Å². The number of anilines is 2. The van der Waals surface area contributed by atoms with E-state index in [0.29, 0.717) is 9.21 Å². The molecule has 9 nitrogen and oxygen atoms in total. The van der Waals surface area contributed by atoms with Crippen molar-refractivity contribution >= 4 is 49.4 Å². The van der Waals surface area contributed by atoms with Crippen molar-refractivity contribution < 1.29 is 4.79 Å². The minimum Gasteiger partial charge on any atom is -0.382 e. The molecule has 0 radical (unpaired) electrons. The molecule has 21 heavy (non-hydrogen) atoms. The molecule has 2 rings (SSSR count). The molecule has 2 aromatic heterocycles. The van der Waals surface area contributed by atoms with Gasteiger partial charge in [-0.1, -0.05) is 0 Å². The van der Waals surface area contributed by atoms with Crippen LogP contribution in [-0.4, -0.2) is 25.8 Å². The zero-order valence-electron chi connectivity index (χ0n) is 10.3. The SMILES string of the molecule is N#Cc1nc(Br)cnc1N.NC(=O)c1nc(Br)cnc1N. The van der Waals surface area contributed by atoms with Crippen LogP contribution < -0.4 is 17.2 Å². The highest BCUT2D eigenvalue weighted by Gasteiger charge is 2.08. The van der Waals surface area contributed by atoms with Gasteiger partial charge in [-0.05, 0) is 31.9 Å². The van der Waals surface area contributed by atoms with Gasteiger partial charge in [0, 0.05) is 0 Å². The molecular weight excluding hydrogens is 408 g/mol. The van der Waals surface area contributed by atoms with E-state index in [2.05, 4.69) is 51.8 Å². The Labute approximate surface area is 135 Å². The molecular formula is C10H8Br2N8O. The maximum Gasteiger partial charge on any atom is 0.271 e. The van der Waals surface area contributed by atoms with E-state index >= 15 is 0 Å². The summed E-state index contributed by atoms with van der Waals surface area (Å²) in [6.07, 6.45) is 2.83. The minimum absolute atomic E-state index is 0.0145. The van der Waals surface area contributed by atoms with E-state index in [9.17, 15) is 4.79 Å². The molecule has 2 heterocycles. The highest BCUT2D eigenvalue weighted by molar-refractivity contribution is 9.10. The van der Waals surface area contributed by atoms with Crippen molar-refractivity contribution in [3.8, 4) is 6.07 Å². The van der Waals surface area contributed by atoms with Gasteiger partial charge in [-0.15, -0.1) is 0 Å². The van der Waals surface area contributed by atoms with E-state index in [1.807, 2.05) is 6.07 Å². The fourth-order valence-electron chi connectivity index (χ4n) is 1.02. The Morgan fingerprint density at radius 3 is 2.05 bits per heavy atom. The molecule has 0 unspecified atom stereocenters. The van der Waals surface area contributed by atoms with Gasteiger partial charge in [-0.2, -0.15) is 5.26 Å². The number of nitrogen functional groups attached to an aromatic ring is 2. The molecule has 6 N–H and O–H groups in total. The molecule has 0 aliphatic heterocycles. The van der Waals surface area contributed by atoms with Gasteiger partial charge >= 0.3 is 0 Å². The lowest BCUT2D eigenvalue weighted by Gasteiger charge is -1.97. The number of amides is 1. The summed E-state index contributed by atoms with van der Waals surface area (Å²) < 4.78 is 0.943. The van der Waals surface area contributed by atoms with Crippen LogP contribution in [0.3, 0.4) is 0 Å². The molecule has 0 atom stereocenters. The number of carbonyl (C=O) groups excluding carboxylic acids is 1. The Hall–Kier alpha value is -2.32. The van der Waals surface area contributed by atoms with Crippen LogP contribution in [0, 0.1) is 11.3 Å². The van der Waals surface area contributed by atoms with Crippen molar-refractivity contribution in [3.05, 3.63) is 33.0 Å². The topological polar surface area (TPSA) is 170 Å². The lowest BCUT2D eigenvalue weighted by Crippen LogP contribution is -2.16. The number of hydrogen-bond donors (Lipinski definition) is 3. The zero-order valence-corrected chi connectivity index (χ0v) is 13.5. The van der Waals surface area contributed by atoms with Gasteiger partial charge in [0.15, 0.2) is 23.0 Å². The number of hydrogen-bond acceptors (Lipinski definition) is 8. The number of nitrogens with two attached hydrogens (primary N) is 3. The summed E-state index contributed by atoms with van der Waals surface area (Å²) >= 11 is 6.08. The zero-order chi connectivity index (χ0) is 16.0. The first-order chi connectivity index (χ1) is 9.85. The number of halogens is 2. The van der Waals surface area contributed by atoms with Crippen LogP contribution >= 0.6 is 31.9 Å². The summed E-state index contributed by atoms with van der Waals surface area (Å²) in [6, 6.07) is 1.81. The van der Waals surface area contributed by atoms with E-state index in [-0.39, 0.29) is 23.0 Å². The van der Waals surface area contributed by atoms with E-state index in [4.69, 9.17) is 22.5 Å². The second-order valence-electron chi connectivity index (χ2n) is 3.33. The fourth-order valence-corrected chi connectivity index (χ4v) is 1.58. The lowest BCUT2D eigenvalue weighted by atomic mass is 10.4. The van der Waals surface area contributed by atoms with Crippen LogP contribution in [0.5, 0.6) is 0 Å². The molecule has 108 valence electrons. The maximum absolute atomic E-state index is 10.6. The monoisotopic (exact) mass is 414 g/mol. The maximum atomic E-state index is 10.6. The van der Waals surface area contributed by atoms with Gasteiger partial charge in [-0.25, -0.2) is 19.9 Å². The first-order valence-corrected chi connectivity index (χ1v) is 6.69. The normalized spacial score (nSPS) is 9.19. The molecule has 0 bridgehead atoms. The molecule has 0 aliphatic carbocycles. The van der Waals surface area contributed by atoms with Gasteiger partial charge in [0.25, 0.3) is 5.91 Å². The van der Waals surface area contributed by atoms with Crippen LogP contribution in [0.15, 0.2) is 21.6 Å². The second kappa shape index (κ2) is 7.46. The number of rotatable bonds is 1. The Bertz CT molecular complexity index is 715. The van der Waals surface area contributed by atoms with E-state index < -0.39 is 5.91 Å². The van der Waals surface area contributed by atoms with Crippen molar-refractivity contribution in [1.29, 1.82) is 5.26 Å². The molecule has 0 saturated carbocycles. The molecule has 0 aliphatic rings. The Morgan fingerprint density at radius 2 is 1.62 bits per heavy atom. The van der Waals surface area contributed by atoms with Crippen LogP contribution in [-0.2, 0) is 0 Å². The second-order valence-corrected chi connectivity index (χ2v) is 4.95. The van der Waals surface area contributed by atoms with E-state index in [0.717, 1.165) is 0 Å².